The molecule has 0 fully saturated rings. The minimum atomic E-state index is -0.299. The van der Waals surface area contributed by atoms with Gasteiger partial charge >= 0.3 is 14.7 Å². The summed E-state index contributed by atoms with van der Waals surface area (Å²) in [5.74, 6) is -0.183. The molecule has 0 aromatic rings. The molecule has 0 saturated carbocycles. The fourth-order valence-electron chi connectivity index (χ4n) is 0.706. The second-order valence-corrected chi connectivity index (χ2v) is 2.58. The van der Waals surface area contributed by atoms with Crippen molar-refractivity contribution in [3.63, 3.8) is 0 Å². The van der Waals surface area contributed by atoms with Crippen LogP contribution in [0, 0.1) is 0 Å². The lowest BCUT2D eigenvalue weighted by Crippen LogP contribution is -2.03. The molecule has 12 heavy (non-hydrogen) atoms. The summed E-state index contributed by atoms with van der Waals surface area (Å²) in [6, 6.07) is 0. The van der Waals surface area contributed by atoms with Gasteiger partial charge in [-0.05, 0) is 19.8 Å². The topological polar surface area (TPSA) is 52.6 Å². The van der Waals surface area contributed by atoms with Crippen molar-refractivity contribution in [2.75, 3.05) is 13.2 Å². The monoisotopic (exact) mass is 192 g/mol. The van der Waals surface area contributed by atoms with Gasteiger partial charge in [0.05, 0.1) is 13.2 Å². The first kappa shape index (κ1) is 11.5. The molecule has 0 atom stereocenters. The van der Waals surface area contributed by atoms with Gasteiger partial charge in [0.2, 0.25) is 0 Å². The maximum Gasteiger partial charge on any atom is 0.327 e. The molecule has 0 aromatic carbocycles. The Balaban J connectivity index is 3.08. The molecule has 0 aliphatic rings. The third-order valence-electron chi connectivity index (χ3n) is 1.22. The van der Waals surface area contributed by atoms with Gasteiger partial charge in [-0.2, -0.15) is 0 Å². The van der Waals surface area contributed by atoms with E-state index in [0.29, 0.717) is 26.1 Å². The highest BCUT2D eigenvalue weighted by Crippen LogP contribution is 2.01. The molecule has 0 aliphatic carbocycles. The van der Waals surface area contributed by atoms with Gasteiger partial charge in [-0.25, -0.2) is 4.57 Å². The zero-order chi connectivity index (χ0) is 9.23. The van der Waals surface area contributed by atoms with Gasteiger partial charge in [0.15, 0.2) is 0 Å². The van der Waals surface area contributed by atoms with E-state index in [0.717, 1.165) is 6.42 Å². The normalized spacial score (nSPS) is 10.1. The van der Waals surface area contributed by atoms with Crippen LogP contribution in [0.2, 0.25) is 0 Å². The van der Waals surface area contributed by atoms with E-state index >= 15 is 0 Å². The van der Waals surface area contributed by atoms with E-state index in [-0.39, 0.29) is 14.7 Å². The molecule has 4 nitrogen and oxygen atoms in total. The highest BCUT2D eigenvalue weighted by molar-refractivity contribution is 7.17. The summed E-state index contributed by atoms with van der Waals surface area (Å²) < 4.78 is 19.0. The Hall–Kier alpha value is -0.470. The molecule has 0 aliphatic heterocycles. The number of rotatable bonds is 7. The molecule has 0 radical (unpaired) electrons. The first-order valence-corrected chi connectivity index (χ1v) is 4.64. The minimum absolute atomic E-state index is 0.183. The molecule has 70 valence electrons. The van der Waals surface area contributed by atoms with Crippen molar-refractivity contribution in [1.82, 2.24) is 0 Å². The van der Waals surface area contributed by atoms with E-state index in [4.69, 9.17) is 4.74 Å². The lowest BCUT2D eigenvalue weighted by Gasteiger charge is -1.99. The summed E-state index contributed by atoms with van der Waals surface area (Å²) in [5.41, 5.74) is 0. The third-order valence-corrected chi connectivity index (χ3v) is 1.51. The maximum absolute atomic E-state index is 10.7. The summed E-state index contributed by atoms with van der Waals surface area (Å²) in [5, 5.41) is 0. The molecular formula is C7H13O4P. The Kier molecular flexibility index (Phi) is 8.29. The van der Waals surface area contributed by atoms with Gasteiger partial charge in [-0.15, -0.1) is 0 Å². The van der Waals surface area contributed by atoms with Gasteiger partial charge < -0.3 is 4.74 Å². The quantitative estimate of drug-likeness (QED) is 0.351. The number of hydrogen-bond donors (Lipinski definition) is 0. The van der Waals surface area contributed by atoms with Gasteiger partial charge in [-0.3, -0.25) is 9.32 Å². The van der Waals surface area contributed by atoms with Crippen molar-refractivity contribution in [1.29, 1.82) is 0 Å². The Labute approximate surface area is 73.5 Å². The molecule has 0 spiro atoms. The van der Waals surface area contributed by atoms with E-state index < -0.39 is 0 Å². The molecular weight excluding hydrogens is 179 g/mol. The molecule has 0 amide bonds. The standard InChI is InChI=1S/C7H13O4P/c1-2-10-7(8)5-3-4-6-11-12-9/h2-6H2,1H3. The van der Waals surface area contributed by atoms with Crippen LogP contribution in [-0.4, -0.2) is 19.2 Å². The van der Waals surface area contributed by atoms with Crippen LogP contribution in [0.3, 0.4) is 0 Å². The number of ether oxygens (including phenoxy) is 1. The summed E-state index contributed by atoms with van der Waals surface area (Å²) in [4.78, 5) is 10.7. The number of carbonyl (C=O) groups excluding carboxylic acids is 1. The molecule has 0 heterocycles. The van der Waals surface area contributed by atoms with E-state index in [9.17, 15) is 9.36 Å². The van der Waals surface area contributed by atoms with Crippen LogP contribution in [0.1, 0.15) is 26.2 Å². The van der Waals surface area contributed by atoms with Crippen molar-refractivity contribution in [3.05, 3.63) is 0 Å². The summed E-state index contributed by atoms with van der Waals surface area (Å²) in [6.07, 6.45) is 1.86. The molecule has 0 unspecified atom stereocenters. The summed E-state index contributed by atoms with van der Waals surface area (Å²) >= 11 is 0. The first-order valence-electron chi connectivity index (χ1n) is 3.91. The van der Waals surface area contributed by atoms with E-state index in [2.05, 4.69) is 4.52 Å². The van der Waals surface area contributed by atoms with Gasteiger partial charge in [0, 0.05) is 6.42 Å². The van der Waals surface area contributed by atoms with E-state index in [1.54, 1.807) is 6.92 Å². The number of carbonyl (C=O) groups is 1. The maximum atomic E-state index is 10.7. The van der Waals surface area contributed by atoms with Gasteiger partial charge in [-0.1, -0.05) is 0 Å². The minimum Gasteiger partial charge on any atom is -0.466 e. The molecule has 5 heteroatoms. The van der Waals surface area contributed by atoms with Gasteiger partial charge in [0.1, 0.15) is 0 Å². The summed E-state index contributed by atoms with van der Waals surface area (Å²) in [6.45, 7) is 2.62. The largest absolute Gasteiger partial charge is 0.466 e. The van der Waals surface area contributed by atoms with Crippen molar-refractivity contribution in [2.24, 2.45) is 0 Å². The summed E-state index contributed by atoms with van der Waals surface area (Å²) in [7, 11) is -0.299. The lowest BCUT2D eigenvalue weighted by molar-refractivity contribution is -0.143. The predicted molar refractivity (Wildman–Crippen MR) is 44.0 cm³/mol. The van der Waals surface area contributed by atoms with Crippen LogP contribution in [0.4, 0.5) is 0 Å². The number of hydrogen-bond acceptors (Lipinski definition) is 4. The molecule has 0 N–H and O–H groups in total. The fourth-order valence-corrected chi connectivity index (χ4v) is 0.910. The van der Waals surface area contributed by atoms with Crippen molar-refractivity contribution < 1.29 is 18.6 Å². The SMILES string of the molecule is CCOC(=O)CCCCOP=O. The van der Waals surface area contributed by atoms with Crippen LogP contribution in [-0.2, 0) is 18.6 Å². The zero-order valence-corrected chi connectivity index (χ0v) is 8.01. The average molecular weight is 192 g/mol. The molecule has 0 aromatic heterocycles. The van der Waals surface area contributed by atoms with Crippen LogP contribution >= 0.6 is 8.69 Å². The van der Waals surface area contributed by atoms with Crippen LogP contribution in [0.15, 0.2) is 0 Å². The Morgan fingerprint density at radius 1 is 1.42 bits per heavy atom. The predicted octanol–water partition coefficient (Wildman–Crippen LogP) is 1.94. The van der Waals surface area contributed by atoms with E-state index in [1.165, 1.54) is 0 Å². The number of esters is 1. The van der Waals surface area contributed by atoms with E-state index in [1.807, 2.05) is 0 Å². The van der Waals surface area contributed by atoms with Crippen LogP contribution in [0.5, 0.6) is 0 Å². The second kappa shape index (κ2) is 8.62. The first-order chi connectivity index (χ1) is 5.81. The Morgan fingerprint density at radius 3 is 2.75 bits per heavy atom. The lowest BCUT2D eigenvalue weighted by atomic mass is 10.2. The van der Waals surface area contributed by atoms with Crippen LogP contribution < -0.4 is 0 Å². The average Bonchev–Trinajstić information content (AvgIpc) is 2.05. The molecule has 0 bridgehead atoms. The Bertz CT molecular complexity index is 137. The highest BCUT2D eigenvalue weighted by atomic mass is 31.1. The third kappa shape index (κ3) is 7.63. The molecule has 0 rings (SSSR count). The zero-order valence-electron chi connectivity index (χ0n) is 7.12. The molecule has 0 saturated heterocycles. The van der Waals surface area contributed by atoms with Crippen molar-refractivity contribution in [3.8, 4) is 0 Å². The van der Waals surface area contributed by atoms with Gasteiger partial charge in [0.25, 0.3) is 0 Å². The highest BCUT2D eigenvalue weighted by Gasteiger charge is 1.99. The van der Waals surface area contributed by atoms with Crippen LogP contribution in [0.25, 0.3) is 0 Å². The fraction of sp³-hybridized carbons (Fsp3) is 0.857. The van der Waals surface area contributed by atoms with Crippen molar-refractivity contribution in [2.45, 2.75) is 26.2 Å². The second-order valence-electron chi connectivity index (χ2n) is 2.17. The Morgan fingerprint density at radius 2 is 2.17 bits per heavy atom. The smallest absolute Gasteiger partial charge is 0.327 e. The van der Waals surface area contributed by atoms with Crippen molar-refractivity contribution >= 4 is 14.7 Å². The number of unbranched alkanes of at least 4 members (excludes halogenated alkanes) is 1.